The average molecular weight is 402 g/mol. The Hall–Kier alpha value is -2.34. The van der Waals surface area contributed by atoms with Crippen molar-refractivity contribution in [3.05, 3.63) is 57.8 Å². The number of rotatable bonds is 8. The van der Waals surface area contributed by atoms with Crippen molar-refractivity contribution in [2.24, 2.45) is 5.92 Å². The Morgan fingerprint density at radius 1 is 1.00 bits per heavy atom. The largest absolute Gasteiger partial charge is 0.332 e. The minimum atomic E-state index is -0.131. The lowest BCUT2D eigenvalue weighted by Gasteiger charge is -2.30. The molecule has 0 bridgehead atoms. The number of amides is 3. The third kappa shape index (κ3) is 6.37. The SMILES string of the molecule is Cc1ccsc1CN(Cc1ccccc1)C(=O)CN(CC(C)C)C(=O)N(C)C. The van der Waals surface area contributed by atoms with Crippen LogP contribution in [-0.4, -0.2) is 53.8 Å². The number of benzene rings is 1. The summed E-state index contributed by atoms with van der Waals surface area (Å²) in [4.78, 5) is 32.0. The van der Waals surface area contributed by atoms with Crippen molar-refractivity contribution < 1.29 is 9.59 Å². The first kappa shape index (κ1) is 22.0. The first-order valence-corrected chi connectivity index (χ1v) is 10.5. The highest BCUT2D eigenvalue weighted by Gasteiger charge is 2.24. The van der Waals surface area contributed by atoms with Gasteiger partial charge in [0, 0.05) is 32.1 Å². The van der Waals surface area contributed by atoms with Gasteiger partial charge in [-0.1, -0.05) is 44.2 Å². The van der Waals surface area contributed by atoms with Gasteiger partial charge in [0.2, 0.25) is 5.91 Å². The van der Waals surface area contributed by atoms with Gasteiger partial charge in [0.15, 0.2) is 0 Å². The van der Waals surface area contributed by atoms with Crippen molar-refractivity contribution in [2.75, 3.05) is 27.2 Å². The molecule has 2 aromatic rings. The van der Waals surface area contributed by atoms with Gasteiger partial charge in [-0.25, -0.2) is 4.79 Å². The van der Waals surface area contributed by atoms with Crippen LogP contribution in [0.4, 0.5) is 4.79 Å². The van der Waals surface area contributed by atoms with Crippen molar-refractivity contribution in [3.8, 4) is 0 Å². The van der Waals surface area contributed by atoms with Crippen molar-refractivity contribution in [3.63, 3.8) is 0 Å². The van der Waals surface area contributed by atoms with Crippen LogP contribution in [0.15, 0.2) is 41.8 Å². The highest BCUT2D eigenvalue weighted by Crippen LogP contribution is 2.20. The Balaban J connectivity index is 2.20. The van der Waals surface area contributed by atoms with Crippen LogP contribution >= 0.6 is 11.3 Å². The summed E-state index contributed by atoms with van der Waals surface area (Å²) in [6, 6.07) is 11.9. The summed E-state index contributed by atoms with van der Waals surface area (Å²) in [5, 5.41) is 2.05. The molecule has 0 spiro atoms. The topological polar surface area (TPSA) is 43.9 Å². The fraction of sp³-hybridized carbons (Fsp3) is 0.455. The zero-order valence-corrected chi connectivity index (χ0v) is 18.3. The van der Waals surface area contributed by atoms with Gasteiger partial charge < -0.3 is 14.7 Å². The van der Waals surface area contributed by atoms with Crippen LogP contribution in [0.5, 0.6) is 0 Å². The van der Waals surface area contributed by atoms with Crippen LogP contribution in [0, 0.1) is 12.8 Å². The molecule has 0 aliphatic heterocycles. The first-order valence-electron chi connectivity index (χ1n) is 9.58. The van der Waals surface area contributed by atoms with Gasteiger partial charge in [0.1, 0.15) is 6.54 Å². The third-order valence-electron chi connectivity index (χ3n) is 4.44. The molecule has 0 radical (unpaired) electrons. The molecule has 0 atom stereocenters. The lowest BCUT2D eigenvalue weighted by atomic mass is 10.2. The molecule has 0 unspecified atom stereocenters. The fourth-order valence-corrected chi connectivity index (χ4v) is 3.89. The number of aryl methyl sites for hydroxylation is 1. The molecule has 1 heterocycles. The Morgan fingerprint density at radius 3 is 2.21 bits per heavy atom. The summed E-state index contributed by atoms with van der Waals surface area (Å²) < 4.78 is 0. The van der Waals surface area contributed by atoms with E-state index in [1.165, 1.54) is 15.3 Å². The van der Waals surface area contributed by atoms with E-state index in [0.717, 1.165) is 5.56 Å². The minimum absolute atomic E-state index is 0.0347. The van der Waals surface area contributed by atoms with E-state index < -0.39 is 0 Å². The van der Waals surface area contributed by atoms with E-state index in [4.69, 9.17) is 0 Å². The third-order valence-corrected chi connectivity index (χ3v) is 5.44. The minimum Gasteiger partial charge on any atom is -0.332 e. The number of thiophene rings is 1. The van der Waals surface area contributed by atoms with Gasteiger partial charge >= 0.3 is 6.03 Å². The summed E-state index contributed by atoms with van der Waals surface area (Å²) in [5.41, 5.74) is 2.28. The van der Waals surface area contributed by atoms with Gasteiger partial charge in [-0.3, -0.25) is 4.79 Å². The predicted octanol–water partition coefficient (Wildman–Crippen LogP) is 4.22. The molecule has 6 heteroatoms. The van der Waals surface area contributed by atoms with E-state index in [-0.39, 0.29) is 18.5 Å². The predicted molar refractivity (Wildman–Crippen MR) is 115 cm³/mol. The number of nitrogens with zero attached hydrogens (tertiary/aromatic N) is 3. The zero-order valence-electron chi connectivity index (χ0n) is 17.5. The van der Waals surface area contributed by atoms with Crippen LogP contribution in [-0.2, 0) is 17.9 Å². The Kier molecular flexibility index (Phi) is 8.05. The van der Waals surface area contributed by atoms with Crippen LogP contribution in [0.3, 0.4) is 0 Å². The second-order valence-electron chi connectivity index (χ2n) is 7.71. The molecule has 0 saturated heterocycles. The van der Waals surface area contributed by atoms with Crippen molar-refractivity contribution >= 4 is 23.3 Å². The maximum absolute atomic E-state index is 13.2. The second kappa shape index (κ2) is 10.3. The summed E-state index contributed by atoms with van der Waals surface area (Å²) in [5.74, 6) is 0.256. The molecule has 0 aliphatic carbocycles. The van der Waals surface area contributed by atoms with E-state index in [1.54, 1.807) is 30.3 Å². The lowest BCUT2D eigenvalue weighted by molar-refractivity contribution is -0.133. The van der Waals surface area contributed by atoms with Crippen LogP contribution in [0.1, 0.15) is 29.9 Å². The number of carbonyl (C=O) groups excluding carboxylic acids is 2. The van der Waals surface area contributed by atoms with E-state index in [2.05, 4.69) is 32.2 Å². The summed E-state index contributed by atoms with van der Waals surface area (Å²) >= 11 is 1.66. The van der Waals surface area contributed by atoms with Gasteiger partial charge in [-0.05, 0) is 35.4 Å². The Bertz CT molecular complexity index is 771. The number of carbonyl (C=O) groups is 2. The quantitative estimate of drug-likeness (QED) is 0.665. The standard InChI is InChI=1S/C22H31N3O2S/c1-17(2)13-25(22(27)23(4)5)16-21(26)24(14-19-9-7-6-8-10-19)15-20-18(3)11-12-28-20/h6-12,17H,13-16H2,1-5H3. The lowest BCUT2D eigenvalue weighted by Crippen LogP contribution is -2.47. The molecular formula is C22H31N3O2S. The van der Waals surface area contributed by atoms with E-state index in [1.807, 2.05) is 35.2 Å². The number of hydrogen-bond donors (Lipinski definition) is 0. The van der Waals surface area contributed by atoms with Gasteiger partial charge in [-0.15, -0.1) is 11.3 Å². The maximum Gasteiger partial charge on any atom is 0.319 e. The van der Waals surface area contributed by atoms with Crippen molar-refractivity contribution in [1.29, 1.82) is 0 Å². The fourth-order valence-electron chi connectivity index (χ4n) is 2.97. The van der Waals surface area contributed by atoms with Gasteiger partial charge in [-0.2, -0.15) is 0 Å². The smallest absolute Gasteiger partial charge is 0.319 e. The molecule has 0 N–H and O–H groups in total. The Labute approximate surface area is 172 Å². The molecule has 1 aromatic carbocycles. The molecule has 0 fully saturated rings. The summed E-state index contributed by atoms with van der Waals surface area (Å²) in [6.07, 6.45) is 0. The van der Waals surface area contributed by atoms with E-state index in [9.17, 15) is 9.59 Å². The number of hydrogen-bond acceptors (Lipinski definition) is 3. The molecule has 0 aliphatic rings. The normalized spacial score (nSPS) is 10.8. The summed E-state index contributed by atoms with van der Waals surface area (Å²) in [6.45, 7) is 7.91. The first-order chi connectivity index (χ1) is 13.3. The van der Waals surface area contributed by atoms with Crippen LogP contribution in [0.25, 0.3) is 0 Å². The molecule has 0 saturated carbocycles. The monoisotopic (exact) mass is 401 g/mol. The summed E-state index contributed by atoms with van der Waals surface area (Å²) in [7, 11) is 3.44. The zero-order chi connectivity index (χ0) is 20.7. The van der Waals surface area contributed by atoms with E-state index in [0.29, 0.717) is 25.6 Å². The highest BCUT2D eigenvalue weighted by molar-refractivity contribution is 7.10. The maximum atomic E-state index is 13.2. The molecule has 152 valence electrons. The second-order valence-corrected chi connectivity index (χ2v) is 8.71. The highest BCUT2D eigenvalue weighted by atomic mass is 32.1. The van der Waals surface area contributed by atoms with Crippen molar-refractivity contribution in [1.82, 2.24) is 14.7 Å². The van der Waals surface area contributed by atoms with Crippen molar-refractivity contribution in [2.45, 2.75) is 33.9 Å². The average Bonchev–Trinajstić information content (AvgIpc) is 3.05. The van der Waals surface area contributed by atoms with Crippen LogP contribution in [0.2, 0.25) is 0 Å². The Morgan fingerprint density at radius 2 is 1.68 bits per heavy atom. The van der Waals surface area contributed by atoms with Gasteiger partial charge in [0.05, 0.1) is 6.54 Å². The van der Waals surface area contributed by atoms with Crippen LogP contribution < -0.4 is 0 Å². The van der Waals surface area contributed by atoms with Gasteiger partial charge in [0.25, 0.3) is 0 Å². The number of urea groups is 1. The molecule has 5 nitrogen and oxygen atoms in total. The molecule has 1 aromatic heterocycles. The molecular weight excluding hydrogens is 370 g/mol. The molecule has 3 amide bonds. The van der Waals surface area contributed by atoms with E-state index >= 15 is 0 Å². The molecule has 28 heavy (non-hydrogen) atoms. The molecule has 2 rings (SSSR count).